The number of fused-ring (bicyclic) bond motifs is 1. The van der Waals surface area contributed by atoms with E-state index < -0.39 is 0 Å². The summed E-state index contributed by atoms with van der Waals surface area (Å²) in [6, 6.07) is 19.1. The zero-order valence-electron chi connectivity index (χ0n) is 21.7. The van der Waals surface area contributed by atoms with Crippen LogP contribution in [0.2, 0.25) is 5.02 Å². The summed E-state index contributed by atoms with van der Waals surface area (Å²) < 4.78 is 2.98. The summed E-state index contributed by atoms with van der Waals surface area (Å²) in [5.41, 5.74) is 5.65. The Morgan fingerprint density at radius 3 is 2.19 bits per heavy atom. The molecule has 0 fully saturated rings. The molecule has 0 N–H and O–H groups in total. The second-order valence-electron chi connectivity index (χ2n) is 9.84. The van der Waals surface area contributed by atoms with E-state index in [9.17, 15) is 14.4 Å². The molecule has 0 amide bonds. The van der Waals surface area contributed by atoms with Crippen LogP contribution in [0.5, 0.6) is 0 Å². The Balaban J connectivity index is 1.49. The smallest absolute Gasteiger partial charge is 0.300 e. The maximum atomic E-state index is 13.6. The van der Waals surface area contributed by atoms with E-state index in [1.165, 1.54) is 10.1 Å². The number of benzene rings is 3. The van der Waals surface area contributed by atoms with Crippen LogP contribution in [0.25, 0.3) is 10.9 Å². The first kappa shape index (κ1) is 26.6. The quantitative estimate of drug-likeness (QED) is 0.253. The number of rotatable bonds is 10. The van der Waals surface area contributed by atoms with Crippen LogP contribution in [-0.4, -0.2) is 14.9 Å². The van der Waals surface area contributed by atoms with Crippen LogP contribution in [0.15, 0.2) is 70.3 Å². The van der Waals surface area contributed by atoms with E-state index in [4.69, 9.17) is 11.6 Å². The Labute approximate surface area is 222 Å². The molecule has 6 heteroatoms. The average Bonchev–Trinajstić information content (AvgIpc) is 2.86. The Bertz CT molecular complexity index is 1530. The van der Waals surface area contributed by atoms with E-state index in [2.05, 4.69) is 32.9 Å². The minimum Gasteiger partial charge on any atom is -0.300 e. The van der Waals surface area contributed by atoms with Crippen molar-refractivity contribution in [2.75, 3.05) is 0 Å². The molecule has 37 heavy (non-hydrogen) atoms. The van der Waals surface area contributed by atoms with Crippen molar-refractivity contribution in [2.45, 2.75) is 66.0 Å². The molecule has 4 aromatic rings. The zero-order valence-corrected chi connectivity index (χ0v) is 22.5. The van der Waals surface area contributed by atoms with Crippen molar-refractivity contribution in [1.29, 1.82) is 0 Å². The minimum absolute atomic E-state index is 0.147. The van der Waals surface area contributed by atoms with Crippen LogP contribution < -0.4 is 11.2 Å². The van der Waals surface area contributed by atoms with Crippen LogP contribution in [0.1, 0.15) is 53.5 Å². The summed E-state index contributed by atoms with van der Waals surface area (Å²) in [5, 5.41) is 1.21. The summed E-state index contributed by atoms with van der Waals surface area (Å²) in [4.78, 5) is 39.3. The summed E-state index contributed by atoms with van der Waals surface area (Å²) in [6.07, 6.45) is 2.85. The van der Waals surface area contributed by atoms with Gasteiger partial charge < -0.3 is 0 Å². The first-order valence-electron chi connectivity index (χ1n) is 12.8. The molecule has 0 aliphatic carbocycles. The number of para-hydroxylation sites is 1. The summed E-state index contributed by atoms with van der Waals surface area (Å²) >= 11 is 5.93. The third-order valence-corrected chi connectivity index (χ3v) is 7.21. The molecular formula is C31H33ClN2O3. The molecule has 0 aliphatic heterocycles. The lowest BCUT2D eigenvalue weighted by Crippen LogP contribution is -2.40. The number of hydrogen-bond acceptors (Lipinski definition) is 3. The van der Waals surface area contributed by atoms with Gasteiger partial charge in [-0.2, -0.15) is 0 Å². The SMILES string of the molecule is Cc1cc(C)c(Cn2c(=O)n(CCCC(=O)CCCc3ccc(Cl)cc3)c(=O)c3ccccc32)c(C)c1. The fraction of sp³-hybridized carbons (Fsp3) is 0.323. The molecule has 0 saturated carbocycles. The van der Waals surface area contributed by atoms with Crippen LogP contribution in [0.4, 0.5) is 0 Å². The van der Waals surface area contributed by atoms with Gasteiger partial charge in [0.2, 0.25) is 0 Å². The number of aromatic nitrogens is 2. The molecule has 5 nitrogen and oxygen atoms in total. The number of ketones is 1. The highest BCUT2D eigenvalue weighted by molar-refractivity contribution is 6.30. The number of nitrogens with zero attached hydrogens (tertiary/aromatic N) is 2. The van der Waals surface area contributed by atoms with Gasteiger partial charge in [-0.05, 0) is 86.6 Å². The molecule has 1 heterocycles. The van der Waals surface area contributed by atoms with E-state index in [0.29, 0.717) is 41.7 Å². The van der Waals surface area contributed by atoms with Gasteiger partial charge in [-0.3, -0.25) is 18.7 Å². The highest BCUT2D eigenvalue weighted by Gasteiger charge is 2.15. The lowest BCUT2D eigenvalue weighted by Gasteiger charge is -2.17. The molecule has 0 unspecified atom stereocenters. The lowest BCUT2D eigenvalue weighted by atomic mass is 9.99. The van der Waals surface area contributed by atoms with Gasteiger partial charge in [-0.1, -0.05) is 53.6 Å². The van der Waals surface area contributed by atoms with Crippen molar-refractivity contribution in [2.24, 2.45) is 0 Å². The molecule has 192 valence electrons. The summed E-state index contributed by atoms with van der Waals surface area (Å²) in [7, 11) is 0. The van der Waals surface area contributed by atoms with Crippen LogP contribution in [0.3, 0.4) is 0 Å². The van der Waals surface area contributed by atoms with E-state index in [1.807, 2.05) is 42.5 Å². The molecule has 4 rings (SSSR count). The van der Waals surface area contributed by atoms with Crippen LogP contribution in [0, 0.1) is 20.8 Å². The van der Waals surface area contributed by atoms with Gasteiger partial charge in [0, 0.05) is 24.4 Å². The van der Waals surface area contributed by atoms with E-state index in [-0.39, 0.29) is 23.6 Å². The number of aryl methyl sites for hydroxylation is 4. The average molecular weight is 517 g/mol. The topological polar surface area (TPSA) is 61.1 Å². The van der Waals surface area contributed by atoms with Gasteiger partial charge >= 0.3 is 5.69 Å². The highest BCUT2D eigenvalue weighted by Crippen LogP contribution is 2.19. The van der Waals surface area contributed by atoms with Gasteiger partial charge in [0.25, 0.3) is 5.56 Å². The number of carbonyl (C=O) groups is 1. The molecule has 0 aliphatic rings. The summed E-state index contributed by atoms with van der Waals surface area (Å²) in [6.45, 7) is 6.78. The molecule has 1 aromatic heterocycles. The molecular weight excluding hydrogens is 484 g/mol. The van der Waals surface area contributed by atoms with Crippen molar-refractivity contribution in [3.8, 4) is 0 Å². The van der Waals surface area contributed by atoms with Crippen LogP contribution >= 0.6 is 11.6 Å². The van der Waals surface area contributed by atoms with Gasteiger partial charge in [0.15, 0.2) is 0 Å². The van der Waals surface area contributed by atoms with Crippen molar-refractivity contribution < 1.29 is 4.79 Å². The number of halogens is 1. The van der Waals surface area contributed by atoms with E-state index >= 15 is 0 Å². The van der Waals surface area contributed by atoms with Gasteiger partial charge in [0.05, 0.1) is 17.4 Å². The Morgan fingerprint density at radius 1 is 0.838 bits per heavy atom. The summed E-state index contributed by atoms with van der Waals surface area (Å²) in [5.74, 6) is 0.147. The maximum absolute atomic E-state index is 13.6. The van der Waals surface area contributed by atoms with Gasteiger partial charge in [0.1, 0.15) is 5.78 Å². The lowest BCUT2D eigenvalue weighted by molar-refractivity contribution is -0.119. The van der Waals surface area contributed by atoms with Gasteiger partial charge in [-0.15, -0.1) is 0 Å². The number of Topliss-reactive ketones (excluding diaryl/α,β-unsaturated/α-hetero) is 1. The van der Waals surface area contributed by atoms with Gasteiger partial charge in [-0.25, -0.2) is 4.79 Å². The first-order valence-corrected chi connectivity index (χ1v) is 13.2. The third kappa shape index (κ3) is 6.28. The second-order valence-corrected chi connectivity index (χ2v) is 10.3. The predicted molar refractivity (Wildman–Crippen MR) is 151 cm³/mol. The van der Waals surface area contributed by atoms with Crippen molar-refractivity contribution in [3.05, 3.63) is 114 Å². The van der Waals surface area contributed by atoms with E-state index in [0.717, 1.165) is 35.1 Å². The predicted octanol–water partition coefficient (Wildman–Crippen LogP) is 6.16. The first-order chi connectivity index (χ1) is 17.7. The monoisotopic (exact) mass is 516 g/mol. The molecule has 0 saturated heterocycles. The van der Waals surface area contributed by atoms with Crippen molar-refractivity contribution in [3.63, 3.8) is 0 Å². The van der Waals surface area contributed by atoms with Crippen molar-refractivity contribution in [1.82, 2.24) is 9.13 Å². The molecule has 3 aromatic carbocycles. The Morgan fingerprint density at radius 2 is 1.49 bits per heavy atom. The number of carbonyl (C=O) groups excluding carboxylic acids is 1. The zero-order chi connectivity index (χ0) is 26.5. The highest BCUT2D eigenvalue weighted by atomic mass is 35.5. The number of hydrogen-bond donors (Lipinski definition) is 0. The molecule has 0 bridgehead atoms. The minimum atomic E-state index is -0.335. The normalized spacial score (nSPS) is 11.2. The largest absolute Gasteiger partial charge is 0.331 e. The fourth-order valence-corrected chi connectivity index (χ4v) is 5.16. The molecule has 0 atom stereocenters. The fourth-order valence-electron chi connectivity index (χ4n) is 5.04. The molecule has 0 spiro atoms. The second kappa shape index (κ2) is 11.7. The standard InChI is InChI=1S/C31H33ClN2O3/c1-21-18-22(2)28(23(3)19-21)20-34-29-12-5-4-11-27(29)30(36)33(31(34)37)17-7-10-26(35)9-6-8-24-13-15-25(32)16-14-24/h4-5,11-16,18-19H,6-10,17,20H2,1-3H3. The Kier molecular flexibility index (Phi) is 8.45. The third-order valence-electron chi connectivity index (χ3n) is 6.96. The van der Waals surface area contributed by atoms with Crippen molar-refractivity contribution >= 4 is 28.3 Å². The van der Waals surface area contributed by atoms with Crippen LogP contribution in [-0.2, 0) is 24.3 Å². The molecule has 0 radical (unpaired) electrons. The van der Waals surface area contributed by atoms with E-state index in [1.54, 1.807) is 10.6 Å². The Hall–Kier alpha value is -3.44. The maximum Gasteiger partial charge on any atom is 0.331 e.